The molecule has 0 radical (unpaired) electrons. The molecule has 1 aliphatic rings. The summed E-state index contributed by atoms with van der Waals surface area (Å²) in [5, 5.41) is 0.737. The fourth-order valence-electron chi connectivity index (χ4n) is 2.30. The van der Waals surface area contributed by atoms with E-state index in [1.807, 2.05) is 24.3 Å². The molecular formula is C15H22ClN5. The summed E-state index contributed by atoms with van der Waals surface area (Å²) in [6.45, 7) is 2.49. The number of likely N-dealkylation sites (tertiary alicyclic amines) is 1. The van der Waals surface area contributed by atoms with Crippen LogP contribution >= 0.6 is 11.6 Å². The molecule has 1 aromatic carbocycles. The van der Waals surface area contributed by atoms with E-state index in [4.69, 9.17) is 23.1 Å². The monoisotopic (exact) mass is 307 g/mol. The molecule has 114 valence electrons. The highest BCUT2D eigenvalue weighted by Crippen LogP contribution is 2.10. The van der Waals surface area contributed by atoms with Crippen LogP contribution in [0.25, 0.3) is 0 Å². The highest BCUT2D eigenvalue weighted by atomic mass is 35.5. The molecule has 0 saturated carbocycles. The molecule has 0 aromatic heterocycles. The largest absolute Gasteiger partial charge is 0.369 e. The molecule has 21 heavy (non-hydrogen) atoms. The lowest BCUT2D eigenvalue weighted by atomic mass is 10.1. The van der Waals surface area contributed by atoms with Crippen LogP contribution in [0.3, 0.4) is 0 Å². The highest BCUT2D eigenvalue weighted by molar-refractivity contribution is 6.30. The summed E-state index contributed by atoms with van der Waals surface area (Å²) in [5.74, 6) is 0.717. The van der Waals surface area contributed by atoms with Crippen LogP contribution in [0.4, 0.5) is 0 Å². The molecule has 1 heterocycles. The summed E-state index contributed by atoms with van der Waals surface area (Å²) in [6, 6.07) is 7.71. The average Bonchev–Trinajstić information content (AvgIpc) is 2.50. The third kappa shape index (κ3) is 5.27. The Morgan fingerprint density at radius 1 is 1.10 bits per heavy atom. The maximum absolute atomic E-state index is 5.95. The second-order valence-electron chi connectivity index (χ2n) is 5.13. The number of hydrogen-bond acceptors (Lipinski definition) is 1. The molecule has 1 aromatic rings. The van der Waals surface area contributed by atoms with E-state index in [1.54, 1.807) is 0 Å². The number of hydrogen-bond donors (Lipinski definition) is 2. The Balaban J connectivity index is 1.84. The highest BCUT2D eigenvalue weighted by Gasteiger charge is 2.11. The Morgan fingerprint density at radius 3 is 2.43 bits per heavy atom. The van der Waals surface area contributed by atoms with Gasteiger partial charge in [0, 0.05) is 24.7 Å². The smallest absolute Gasteiger partial charge is 0.218 e. The average molecular weight is 308 g/mol. The topological polar surface area (TPSA) is 80.0 Å². The van der Waals surface area contributed by atoms with Crippen molar-refractivity contribution in [3.8, 4) is 0 Å². The van der Waals surface area contributed by atoms with Gasteiger partial charge in [0.15, 0.2) is 5.96 Å². The number of halogens is 1. The van der Waals surface area contributed by atoms with Gasteiger partial charge < -0.3 is 16.4 Å². The quantitative estimate of drug-likeness (QED) is 0.662. The van der Waals surface area contributed by atoms with E-state index in [0.717, 1.165) is 37.4 Å². The first-order valence-corrected chi connectivity index (χ1v) is 7.66. The van der Waals surface area contributed by atoms with Crippen molar-refractivity contribution in [1.29, 1.82) is 0 Å². The van der Waals surface area contributed by atoms with Gasteiger partial charge in [0.2, 0.25) is 5.96 Å². The summed E-state index contributed by atoms with van der Waals surface area (Å²) in [6.07, 6.45) is 4.37. The van der Waals surface area contributed by atoms with Crippen LogP contribution in [-0.4, -0.2) is 36.5 Å². The van der Waals surface area contributed by atoms with Crippen molar-refractivity contribution < 1.29 is 0 Å². The number of aliphatic imine (C=N–C) groups is 2. The van der Waals surface area contributed by atoms with Gasteiger partial charge in [0.25, 0.3) is 0 Å². The number of nitrogens with two attached hydrogens (primary N) is 2. The minimum atomic E-state index is 0.243. The van der Waals surface area contributed by atoms with Gasteiger partial charge in [0.05, 0.1) is 0 Å². The lowest BCUT2D eigenvalue weighted by Crippen LogP contribution is -2.41. The molecule has 0 bridgehead atoms. The van der Waals surface area contributed by atoms with Crippen LogP contribution < -0.4 is 11.5 Å². The normalized spacial score (nSPS) is 17.1. The molecular weight excluding hydrogens is 286 g/mol. The van der Waals surface area contributed by atoms with E-state index in [9.17, 15) is 0 Å². The lowest BCUT2D eigenvalue weighted by Gasteiger charge is -2.27. The number of piperidine rings is 1. The third-order valence-corrected chi connectivity index (χ3v) is 3.75. The molecule has 0 atom stereocenters. The van der Waals surface area contributed by atoms with Crippen molar-refractivity contribution in [2.75, 3.05) is 19.6 Å². The van der Waals surface area contributed by atoms with Crippen molar-refractivity contribution >= 4 is 23.5 Å². The van der Waals surface area contributed by atoms with E-state index in [-0.39, 0.29) is 5.96 Å². The molecule has 1 aliphatic heterocycles. The zero-order valence-corrected chi connectivity index (χ0v) is 12.9. The second kappa shape index (κ2) is 7.88. The van der Waals surface area contributed by atoms with Gasteiger partial charge in [-0.3, -0.25) is 4.99 Å². The van der Waals surface area contributed by atoms with Gasteiger partial charge in [0.1, 0.15) is 0 Å². The van der Waals surface area contributed by atoms with Crippen molar-refractivity contribution in [2.45, 2.75) is 25.7 Å². The molecule has 0 amide bonds. The Kier molecular flexibility index (Phi) is 5.87. The predicted molar refractivity (Wildman–Crippen MR) is 88.7 cm³/mol. The lowest BCUT2D eigenvalue weighted by molar-refractivity contribution is 0.339. The first-order chi connectivity index (χ1) is 10.1. The van der Waals surface area contributed by atoms with Gasteiger partial charge >= 0.3 is 0 Å². The fraction of sp³-hybridized carbons (Fsp3) is 0.467. The summed E-state index contributed by atoms with van der Waals surface area (Å²) >= 11 is 5.84. The van der Waals surface area contributed by atoms with E-state index >= 15 is 0 Å². The zero-order chi connectivity index (χ0) is 15.1. The predicted octanol–water partition coefficient (Wildman–Crippen LogP) is 2.00. The summed E-state index contributed by atoms with van der Waals surface area (Å²) in [5.41, 5.74) is 12.9. The Labute approximate surface area is 130 Å². The minimum absolute atomic E-state index is 0.243. The first-order valence-electron chi connectivity index (χ1n) is 7.28. The molecule has 1 fully saturated rings. The van der Waals surface area contributed by atoms with Crippen LogP contribution in [0, 0.1) is 0 Å². The first kappa shape index (κ1) is 15.6. The standard InChI is InChI=1S/C15H22ClN5/c16-13-6-4-12(5-7-13)8-9-19-14(17)20-15(18)21-10-2-1-3-11-21/h4-7H,1-3,8-11H2,(H4,17,18,19,20). The summed E-state index contributed by atoms with van der Waals surface area (Å²) in [7, 11) is 0. The molecule has 4 N–H and O–H groups in total. The molecule has 6 heteroatoms. The van der Waals surface area contributed by atoms with Crippen LogP contribution in [-0.2, 0) is 6.42 Å². The third-order valence-electron chi connectivity index (χ3n) is 3.50. The van der Waals surface area contributed by atoms with E-state index in [1.165, 1.54) is 12.0 Å². The van der Waals surface area contributed by atoms with Gasteiger partial charge in [-0.25, -0.2) is 0 Å². The molecule has 0 aliphatic carbocycles. The summed E-state index contributed by atoms with van der Waals surface area (Å²) < 4.78 is 0. The van der Waals surface area contributed by atoms with Crippen LogP contribution in [0.1, 0.15) is 24.8 Å². The molecule has 1 saturated heterocycles. The van der Waals surface area contributed by atoms with Crippen LogP contribution in [0.2, 0.25) is 5.02 Å². The van der Waals surface area contributed by atoms with Crippen molar-refractivity contribution in [3.63, 3.8) is 0 Å². The van der Waals surface area contributed by atoms with Gasteiger partial charge in [-0.05, 0) is 43.4 Å². The Morgan fingerprint density at radius 2 is 1.76 bits per heavy atom. The number of rotatable bonds is 3. The fourth-order valence-corrected chi connectivity index (χ4v) is 2.42. The van der Waals surface area contributed by atoms with E-state index in [2.05, 4.69) is 14.9 Å². The summed E-state index contributed by atoms with van der Waals surface area (Å²) in [4.78, 5) is 10.5. The zero-order valence-electron chi connectivity index (χ0n) is 12.1. The van der Waals surface area contributed by atoms with Crippen molar-refractivity contribution in [3.05, 3.63) is 34.9 Å². The van der Waals surface area contributed by atoms with Crippen molar-refractivity contribution in [2.24, 2.45) is 21.5 Å². The Bertz CT molecular complexity index is 503. The van der Waals surface area contributed by atoms with Crippen LogP contribution in [0.5, 0.6) is 0 Å². The molecule has 0 spiro atoms. The van der Waals surface area contributed by atoms with Crippen molar-refractivity contribution in [1.82, 2.24) is 4.90 Å². The van der Waals surface area contributed by atoms with Gasteiger partial charge in [-0.2, -0.15) is 4.99 Å². The maximum Gasteiger partial charge on any atom is 0.218 e. The second-order valence-corrected chi connectivity index (χ2v) is 5.57. The molecule has 2 rings (SSSR count). The Hall–Kier alpha value is -1.75. The van der Waals surface area contributed by atoms with E-state index < -0.39 is 0 Å². The minimum Gasteiger partial charge on any atom is -0.369 e. The van der Waals surface area contributed by atoms with E-state index in [0.29, 0.717) is 12.5 Å². The number of guanidine groups is 2. The van der Waals surface area contributed by atoms with Gasteiger partial charge in [-0.15, -0.1) is 0 Å². The maximum atomic E-state index is 5.95. The van der Waals surface area contributed by atoms with Crippen LogP contribution in [0.15, 0.2) is 34.3 Å². The number of nitrogens with zero attached hydrogens (tertiary/aromatic N) is 3. The number of benzene rings is 1. The molecule has 0 unspecified atom stereocenters. The molecule has 5 nitrogen and oxygen atoms in total. The SMILES string of the molecule is NC(=NCCc1ccc(Cl)cc1)/N=C(\N)N1CCCCC1. The van der Waals surface area contributed by atoms with Gasteiger partial charge in [-0.1, -0.05) is 23.7 Å².